The molecule has 0 radical (unpaired) electrons. The molecule has 1 atom stereocenters. The van der Waals surface area contributed by atoms with Gasteiger partial charge in [0.25, 0.3) is 0 Å². The largest absolute Gasteiger partial charge is 0.393 e. The summed E-state index contributed by atoms with van der Waals surface area (Å²) < 4.78 is 13.4. The van der Waals surface area contributed by atoms with Crippen LogP contribution in [-0.4, -0.2) is 11.2 Å². The Hall–Kier alpha value is -1.67. The smallest absolute Gasteiger partial charge is 0.126 e. The Kier molecular flexibility index (Phi) is 4.69. The van der Waals surface area contributed by atoms with Gasteiger partial charge in [-0.3, -0.25) is 0 Å². The first-order chi connectivity index (χ1) is 9.15. The molecule has 2 aromatic carbocycles. The van der Waals surface area contributed by atoms with Crippen LogP contribution < -0.4 is 0 Å². The molecule has 1 nitrogen and oxygen atoms in total. The number of aryl methyl sites for hydroxylation is 2. The number of halogens is 1. The minimum Gasteiger partial charge on any atom is -0.393 e. The van der Waals surface area contributed by atoms with Crippen LogP contribution in [0.25, 0.3) is 0 Å². The Labute approximate surface area is 113 Å². The van der Waals surface area contributed by atoms with E-state index in [-0.39, 0.29) is 5.82 Å². The van der Waals surface area contributed by atoms with Gasteiger partial charge >= 0.3 is 0 Å². The van der Waals surface area contributed by atoms with Crippen molar-refractivity contribution < 1.29 is 9.50 Å². The van der Waals surface area contributed by atoms with Gasteiger partial charge in [0.1, 0.15) is 5.82 Å². The third-order valence-electron chi connectivity index (χ3n) is 3.30. The second-order valence-electron chi connectivity index (χ2n) is 4.97. The van der Waals surface area contributed by atoms with Gasteiger partial charge in [-0.25, -0.2) is 4.39 Å². The highest BCUT2D eigenvalue weighted by Crippen LogP contribution is 2.13. The molecule has 0 saturated carbocycles. The van der Waals surface area contributed by atoms with Crippen molar-refractivity contribution in [3.05, 3.63) is 71.0 Å². The number of hydrogen-bond acceptors (Lipinski definition) is 1. The van der Waals surface area contributed by atoms with E-state index in [1.807, 2.05) is 0 Å². The number of rotatable bonds is 5. The molecule has 0 aliphatic carbocycles. The normalized spacial score (nSPS) is 12.4. The fourth-order valence-electron chi connectivity index (χ4n) is 2.11. The highest BCUT2D eigenvalue weighted by molar-refractivity contribution is 5.22. The zero-order valence-electron chi connectivity index (χ0n) is 11.1. The van der Waals surface area contributed by atoms with Gasteiger partial charge in [-0.05, 0) is 37.0 Å². The van der Waals surface area contributed by atoms with Crippen LogP contribution in [0.2, 0.25) is 0 Å². The van der Waals surface area contributed by atoms with E-state index in [0.29, 0.717) is 18.4 Å². The molecule has 0 bridgehead atoms. The molecule has 2 heteroatoms. The summed E-state index contributed by atoms with van der Waals surface area (Å²) in [4.78, 5) is 0. The zero-order chi connectivity index (χ0) is 13.7. The molecule has 1 unspecified atom stereocenters. The fraction of sp³-hybridized carbons (Fsp3) is 0.294. The van der Waals surface area contributed by atoms with Crippen molar-refractivity contribution in [3.63, 3.8) is 0 Å². The molecular formula is C17H19FO. The minimum atomic E-state index is -0.502. The topological polar surface area (TPSA) is 20.2 Å². The van der Waals surface area contributed by atoms with Crippen LogP contribution in [0, 0.1) is 12.7 Å². The Morgan fingerprint density at radius 3 is 2.42 bits per heavy atom. The number of benzene rings is 2. The van der Waals surface area contributed by atoms with Crippen LogP contribution in [0.3, 0.4) is 0 Å². The van der Waals surface area contributed by atoms with Gasteiger partial charge in [0, 0.05) is 6.42 Å². The predicted molar refractivity (Wildman–Crippen MR) is 75.6 cm³/mol. The number of hydrogen-bond donors (Lipinski definition) is 1. The molecule has 0 aromatic heterocycles. The molecule has 2 aromatic rings. The van der Waals surface area contributed by atoms with Crippen molar-refractivity contribution in [2.45, 2.75) is 32.3 Å². The maximum absolute atomic E-state index is 13.4. The average molecular weight is 258 g/mol. The molecule has 0 aliphatic heterocycles. The summed E-state index contributed by atoms with van der Waals surface area (Å²) in [5, 5.41) is 9.98. The molecular weight excluding hydrogens is 239 g/mol. The van der Waals surface area contributed by atoms with Crippen molar-refractivity contribution in [3.8, 4) is 0 Å². The second-order valence-corrected chi connectivity index (χ2v) is 4.97. The Bertz CT molecular complexity index is 519. The molecule has 1 N–H and O–H groups in total. The van der Waals surface area contributed by atoms with Gasteiger partial charge in [-0.1, -0.05) is 48.0 Å². The lowest BCUT2D eigenvalue weighted by atomic mass is 10.0. The third-order valence-corrected chi connectivity index (χ3v) is 3.30. The van der Waals surface area contributed by atoms with Crippen LogP contribution in [0.4, 0.5) is 4.39 Å². The fourth-order valence-corrected chi connectivity index (χ4v) is 2.11. The van der Waals surface area contributed by atoms with E-state index >= 15 is 0 Å². The van der Waals surface area contributed by atoms with Crippen molar-refractivity contribution in [1.82, 2.24) is 0 Å². The van der Waals surface area contributed by atoms with Crippen LogP contribution in [0.15, 0.2) is 48.5 Å². The summed E-state index contributed by atoms with van der Waals surface area (Å²) in [6, 6.07) is 14.9. The molecule has 100 valence electrons. The van der Waals surface area contributed by atoms with E-state index in [4.69, 9.17) is 0 Å². The van der Waals surface area contributed by atoms with Gasteiger partial charge in [0.2, 0.25) is 0 Å². The summed E-state index contributed by atoms with van der Waals surface area (Å²) >= 11 is 0. The van der Waals surface area contributed by atoms with Crippen LogP contribution in [0.1, 0.15) is 23.1 Å². The summed E-state index contributed by atoms with van der Waals surface area (Å²) in [7, 11) is 0. The highest BCUT2D eigenvalue weighted by atomic mass is 19.1. The lowest BCUT2D eigenvalue weighted by Gasteiger charge is -2.11. The number of aliphatic hydroxyl groups is 1. The lowest BCUT2D eigenvalue weighted by Crippen LogP contribution is -2.12. The second kappa shape index (κ2) is 6.48. The highest BCUT2D eigenvalue weighted by Gasteiger charge is 2.09. The van der Waals surface area contributed by atoms with E-state index in [1.165, 1.54) is 17.2 Å². The summed E-state index contributed by atoms with van der Waals surface area (Å²) in [5.74, 6) is -0.239. The standard InChI is InChI=1S/C17H19FO/c1-13-6-8-14(9-7-13)10-11-16(19)12-15-4-2-3-5-17(15)18/h2-9,16,19H,10-12H2,1H3. The van der Waals surface area contributed by atoms with E-state index in [9.17, 15) is 9.50 Å². The molecule has 0 amide bonds. The lowest BCUT2D eigenvalue weighted by molar-refractivity contribution is 0.164. The van der Waals surface area contributed by atoms with Gasteiger partial charge in [0.05, 0.1) is 6.10 Å². The summed E-state index contributed by atoms with van der Waals surface area (Å²) in [5.41, 5.74) is 3.02. The van der Waals surface area contributed by atoms with Gasteiger partial charge in [-0.2, -0.15) is 0 Å². The monoisotopic (exact) mass is 258 g/mol. The third kappa shape index (κ3) is 4.18. The quantitative estimate of drug-likeness (QED) is 0.867. The van der Waals surface area contributed by atoms with Crippen molar-refractivity contribution in [2.24, 2.45) is 0 Å². The summed E-state index contributed by atoms with van der Waals surface area (Å²) in [6.45, 7) is 2.05. The predicted octanol–water partition coefficient (Wildman–Crippen LogP) is 3.67. The minimum absolute atomic E-state index is 0.239. The molecule has 0 heterocycles. The van der Waals surface area contributed by atoms with Crippen LogP contribution in [-0.2, 0) is 12.8 Å². The molecule has 19 heavy (non-hydrogen) atoms. The van der Waals surface area contributed by atoms with Crippen molar-refractivity contribution >= 4 is 0 Å². The molecule has 0 saturated heterocycles. The van der Waals surface area contributed by atoms with E-state index < -0.39 is 6.10 Å². The van der Waals surface area contributed by atoms with Gasteiger partial charge in [0.15, 0.2) is 0 Å². The van der Waals surface area contributed by atoms with Gasteiger partial charge < -0.3 is 5.11 Å². The Morgan fingerprint density at radius 1 is 1.05 bits per heavy atom. The van der Waals surface area contributed by atoms with Crippen LogP contribution >= 0.6 is 0 Å². The summed E-state index contributed by atoms with van der Waals surface area (Å²) in [6.07, 6.45) is 1.34. The zero-order valence-corrected chi connectivity index (χ0v) is 11.1. The number of aliphatic hydroxyl groups excluding tert-OH is 1. The molecule has 0 fully saturated rings. The Balaban J connectivity index is 1.86. The maximum atomic E-state index is 13.4. The first-order valence-corrected chi connectivity index (χ1v) is 6.62. The molecule has 0 aliphatic rings. The van der Waals surface area contributed by atoms with E-state index in [2.05, 4.69) is 31.2 Å². The van der Waals surface area contributed by atoms with Crippen LogP contribution in [0.5, 0.6) is 0 Å². The van der Waals surface area contributed by atoms with Crippen molar-refractivity contribution in [2.75, 3.05) is 0 Å². The van der Waals surface area contributed by atoms with E-state index in [1.54, 1.807) is 18.2 Å². The van der Waals surface area contributed by atoms with E-state index in [0.717, 1.165) is 6.42 Å². The average Bonchev–Trinajstić information content (AvgIpc) is 2.41. The van der Waals surface area contributed by atoms with Crippen molar-refractivity contribution in [1.29, 1.82) is 0 Å². The first-order valence-electron chi connectivity index (χ1n) is 6.62. The first kappa shape index (κ1) is 13.8. The SMILES string of the molecule is Cc1ccc(CCC(O)Cc2ccccc2F)cc1. The Morgan fingerprint density at radius 2 is 1.74 bits per heavy atom. The van der Waals surface area contributed by atoms with Gasteiger partial charge in [-0.15, -0.1) is 0 Å². The molecule has 0 spiro atoms. The maximum Gasteiger partial charge on any atom is 0.126 e. The molecule has 2 rings (SSSR count).